The predicted molar refractivity (Wildman–Crippen MR) is 102 cm³/mol. The molecule has 0 amide bonds. The SMILES string of the molecule is COCCOc1ccc2c(C#N)c(C3=CCC(N)C=C3)n(C3CC3)c2c1. The fraction of sp³-hybridized carbons (Fsp3) is 0.381. The van der Waals surface area contributed by atoms with Gasteiger partial charge in [-0.15, -0.1) is 0 Å². The third-order valence-electron chi connectivity index (χ3n) is 4.96. The van der Waals surface area contributed by atoms with Gasteiger partial charge in [0.25, 0.3) is 0 Å². The third kappa shape index (κ3) is 3.03. The number of hydrogen-bond donors (Lipinski definition) is 1. The van der Waals surface area contributed by atoms with Crippen LogP contribution in [-0.2, 0) is 4.74 Å². The molecule has 0 radical (unpaired) electrons. The van der Waals surface area contributed by atoms with Crippen molar-refractivity contribution in [3.05, 3.63) is 47.7 Å². The average Bonchev–Trinajstić information content (AvgIpc) is 3.44. The average molecular weight is 349 g/mol. The van der Waals surface area contributed by atoms with Gasteiger partial charge in [-0.25, -0.2) is 0 Å². The molecule has 2 aromatic rings. The fourth-order valence-electron chi connectivity index (χ4n) is 3.54. The van der Waals surface area contributed by atoms with E-state index in [2.05, 4.69) is 22.8 Å². The molecule has 26 heavy (non-hydrogen) atoms. The summed E-state index contributed by atoms with van der Waals surface area (Å²) in [4.78, 5) is 0. The van der Waals surface area contributed by atoms with Gasteiger partial charge >= 0.3 is 0 Å². The third-order valence-corrected chi connectivity index (χ3v) is 4.96. The highest BCUT2D eigenvalue weighted by atomic mass is 16.5. The summed E-state index contributed by atoms with van der Waals surface area (Å²) in [5.41, 5.74) is 9.89. The van der Waals surface area contributed by atoms with Gasteiger partial charge in [0.2, 0.25) is 0 Å². The molecule has 1 aromatic carbocycles. The maximum Gasteiger partial charge on any atom is 0.121 e. The zero-order valence-electron chi connectivity index (χ0n) is 14.9. The number of methoxy groups -OCH3 is 1. The van der Waals surface area contributed by atoms with Gasteiger partial charge in [-0.05, 0) is 37.0 Å². The Labute approximate surface area is 153 Å². The molecule has 1 unspecified atom stereocenters. The second kappa shape index (κ2) is 6.99. The molecule has 2 N–H and O–H groups in total. The summed E-state index contributed by atoms with van der Waals surface area (Å²) in [5.74, 6) is 0.806. The number of rotatable bonds is 6. The number of allylic oxidation sites excluding steroid dienone is 2. The van der Waals surface area contributed by atoms with Crippen molar-refractivity contribution in [2.24, 2.45) is 5.73 Å². The number of ether oxygens (including phenoxy) is 2. The second-order valence-electron chi connectivity index (χ2n) is 6.87. The summed E-state index contributed by atoms with van der Waals surface area (Å²) in [6.45, 7) is 1.06. The van der Waals surface area contributed by atoms with Gasteiger partial charge < -0.3 is 19.8 Å². The first-order valence-electron chi connectivity index (χ1n) is 9.07. The molecule has 1 fully saturated rings. The Kier molecular flexibility index (Phi) is 4.54. The fourth-order valence-corrected chi connectivity index (χ4v) is 3.54. The Morgan fingerprint density at radius 3 is 2.81 bits per heavy atom. The van der Waals surface area contributed by atoms with Crippen molar-refractivity contribution in [1.29, 1.82) is 5.26 Å². The summed E-state index contributed by atoms with van der Waals surface area (Å²) in [5, 5.41) is 10.9. The molecule has 1 saturated carbocycles. The topological polar surface area (TPSA) is 73.2 Å². The zero-order chi connectivity index (χ0) is 18.1. The Bertz CT molecular complexity index is 929. The maximum absolute atomic E-state index is 9.87. The van der Waals surface area contributed by atoms with Gasteiger partial charge in [0, 0.05) is 30.6 Å². The van der Waals surface area contributed by atoms with Crippen LogP contribution in [-0.4, -0.2) is 30.9 Å². The molecule has 5 heteroatoms. The number of fused-ring (bicyclic) bond motifs is 1. The largest absolute Gasteiger partial charge is 0.491 e. The van der Waals surface area contributed by atoms with E-state index in [1.807, 2.05) is 24.3 Å². The molecule has 0 spiro atoms. The van der Waals surface area contributed by atoms with E-state index < -0.39 is 0 Å². The van der Waals surface area contributed by atoms with Gasteiger partial charge in [-0.2, -0.15) is 5.26 Å². The standard InChI is InChI=1S/C21H23N3O2/c1-25-10-11-26-17-8-9-18-19(13-22)21(14-2-4-15(23)5-3-14)24(16-6-7-16)20(18)12-17/h2-4,8-9,12,15-16H,5-7,10-11,23H2,1H3. The van der Waals surface area contributed by atoms with E-state index in [4.69, 9.17) is 15.2 Å². The van der Waals surface area contributed by atoms with Gasteiger partial charge in [0.15, 0.2) is 0 Å². The number of hydrogen-bond acceptors (Lipinski definition) is 4. The van der Waals surface area contributed by atoms with Crippen LogP contribution in [0.15, 0.2) is 36.4 Å². The normalized spacial score (nSPS) is 19.4. The van der Waals surface area contributed by atoms with E-state index >= 15 is 0 Å². The minimum absolute atomic E-state index is 0.0591. The molecule has 0 saturated heterocycles. The Morgan fingerprint density at radius 2 is 2.15 bits per heavy atom. The van der Waals surface area contributed by atoms with E-state index in [0.717, 1.165) is 52.7 Å². The van der Waals surface area contributed by atoms with Crippen molar-refractivity contribution in [2.45, 2.75) is 31.3 Å². The molecule has 5 nitrogen and oxygen atoms in total. The number of aromatic nitrogens is 1. The van der Waals surface area contributed by atoms with E-state index in [0.29, 0.717) is 19.3 Å². The van der Waals surface area contributed by atoms with Crippen LogP contribution in [0.2, 0.25) is 0 Å². The maximum atomic E-state index is 9.87. The lowest BCUT2D eigenvalue weighted by Gasteiger charge is -2.15. The molecule has 1 aromatic heterocycles. The summed E-state index contributed by atoms with van der Waals surface area (Å²) in [7, 11) is 1.66. The highest BCUT2D eigenvalue weighted by Gasteiger charge is 2.31. The van der Waals surface area contributed by atoms with Crippen molar-refractivity contribution in [2.75, 3.05) is 20.3 Å². The van der Waals surface area contributed by atoms with Crippen LogP contribution in [0.3, 0.4) is 0 Å². The van der Waals surface area contributed by atoms with Gasteiger partial charge in [-0.3, -0.25) is 0 Å². The van der Waals surface area contributed by atoms with E-state index in [9.17, 15) is 5.26 Å². The van der Waals surface area contributed by atoms with Crippen molar-refractivity contribution >= 4 is 16.5 Å². The minimum atomic E-state index is 0.0591. The van der Waals surface area contributed by atoms with Crippen LogP contribution in [0, 0.1) is 11.3 Å². The van der Waals surface area contributed by atoms with Gasteiger partial charge in [-0.1, -0.05) is 18.2 Å². The number of nitriles is 1. The van der Waals surface area contributed by atoms with Gasteiger partial charge in [0.1, 0.15) is 18.4 Å². The van der Waals surface area contributed by atoms with Crippen LogP contribution in [0.5, 0.6) is 5.75 Å². The van der Waals surface area contributed by atoms with Crippen molar-refractivity contribution in [1.82, 2.24) is 4.57 Å². The Morgan fingerprint density at radius 1 is 1.31 bits per heavy atom. The van der Waals surface area contributed by atoms with E-state index in [1.54, 1.807) is 7.11 Å². The zero-order valence-corrected chi connectivity index (χ0v) is 14.9. The lowest BCUT2D eigenvalue weighted by Crippen LogP contribution is -2.17. The van der Waals surface area contributed by atoms with Crippen LogP contribution >= 0.6 is 0 Å². The highest BCUT2D eigenvalue weighted by Crippen LogP contribution is 2.44. The first-order chi connectivity index (χ1) is 12.7. The summed E-state index contributed by atoms with van der Waals surface area (Å²) in [6.07, 6.45) is 9.31. The molecule has 4 rings (SSSR count). The molecule has 1 heterocycles. The van der Waals surface area contributed by atoms with E-state index in [1.165, 1.54) is 0 Å². The van der Waals surface area contributed by atoms with Crippen molar-refractivity contribution < 1.29 is 9.47 Å². The molecule has 134 valence electrons. The first-order valence-corrected chi connectivity index (χ1v) is 9.07. The molecular weight excluding hydrogens is 326 g/mol. The molecule has 1 atom stereocenters. The van der Waals surface area contributed by atoms with Crippen molar-refractivity contribution in [3.8, 4) is 11.8 Å². The molecule has 0 aliphatic heterocycles. The second-order valence-corrected chi connectivity index (χ2v) is 6.87. The quantitative estimate of drug-likeness (QED) is 0.810. The predicted octanol–water partition coefficient (Wildman–Crippen LogP) is 3.54. The van der Waals surface area contributed by atoms with Crippen LogP contribution in [0.4, 0.5) is 0 Å². The molecular formula is C21H23N3O2. The Hall–Kier alpha value is -2.55. The lowest BCUT2D eigenvalue weighted by atomic mass is 9.98. The molecule has 2 aliphatic rings. The van der Waals surface area contributed by atoms with Crippen LogP contribution < -0.4 is 10.5 Å². The molecule has 0 bridgehead atoms. The number of nitrogens with zero attached hydrogens (tertiary/aromatic N) is 2. The smallest absolute Gasteiger partial charge is 0.121 e. The first kappa shape index (κ1) is 16.9. The van der Waals surface area contributed by atoms with E-state index in [-0.39, 0.29) is 6.04 Å². The highest BCUT2D eigenvalue weighted by molar-refractivity contribution is 5.95. The Balaban J connectivity index is 1.84. The van der Waals surface area contributed by atoms with Gasteiger partial charge in [0.05, 0.1) is 23.4 Å². The monoisotopic (exact) mass is 349 g/mol. The summed E-state index contributed by atoms with van der Waals surface area (Å²) >= 11 is 0. The molecule has 2 aliphatic carbocycles. The lowest BCUT2D eigenvalue weighted by molar-refractivity contribution is 0.146. The van der Waals surface area contributed by atoms with Crippen LogP contribution in [0.1, 0.15) is 36.6 Å². The summed E-state index contributed by atoms with van der Waals surface area (Å²) in [6, 6.07) is 8.92. The number of benzene rings is 1. The summed E-state index contributed by atoms with van der Waals surface area (Å²) < 4.78 is 13.2. The van der Waals surface area contributed by atoms with Crippen LogP contribution in [0.25, 0.3) is 16.5 Å². The minimum Gasteiger partial charge on any atom is -0.491 e. The van der Waals surface area contributed by atoms with Crippen molar-refractivity contribution in [3.63, 3.8) is 0 Å². The number of nitrogens with two attached hydrogens (primary N) is 1.